The molecule has 0 fully saturated rings. The number of primary sulfonamides is 1. The molecule has 0 unspecified atom stereocenters. The van der Waals surface area contributed by atoms with E-state index in [1.807, 2.05) is 0 Å². The summed E-state index contributed by atoms with van der Waals surface area (Å²) < 4.78 is 50.4. The van der Waals surface area contributed by atoms with Crippen molar-refractivity contribution < 1.29 is 21.6 Å². The SMILES string of the molecule is CS(=O)(=O)c1cccc(Oc2ccc(S(N)(=O)=O)cn2)c1. The number of sulfone groups is 1. The lowest BCUT2D eigenvalue weighted by Crippen LogP contribution is -2.12. The van der Waals surface area contributed by atoms with Gasteiger partial charge in [0, 0.05) is 12.3 Å². The van der Waals surface area contributed by atoms with Crippen LogP contribution in [0.5, 0.6) is 11.6 Å². The number of nitrogens with zero attached hydrogens (tertiary/aromatic N) is 1. The lowest BCUT2D eigenvalue weighted by molar-refractivity contribution is 0.460. The zero-order valence-corrected chi connectivity index (χ0v) is 12.6. The molecule has 7 nitrogen and oxygen atoms in total. The third-order valence-electron chi connectivity index (χ3n) is 2.49. The second-order valence-corrected chi connectivity index (χ2v) is 7.80. The minimum Gasteiger partial charge on any atom is -0.439 e. The van der Waals surface area contributed by atoms with Crippen molar-refractivity contribution in [2.75, 3.05) is 6.26 Å². The molecule has 1 aromatic carbocycles. The van der Waals surface area contributed by atoms with Gasteiger partial charge in [-0.25, -0.2) is 27.0 Å². The molecule has 21 heavy (non-hydrogen) atoms. The van der Waals surface area contributed by atoms with Gasteiger partial charge in [0.25, 0.3) is 0 Å². The first-order chi connectivity index (χ1) is 9.66. The molecule has 2 aromatic rings. The highest BCUT2D eigenvalue weighted by Gasteiger charge is 2.10. The lowest BCUT2D eigenvalue weighted by Gasteiger charge is -2.06. The molecule has 0 amide bonds. The van der Waals surface area contributed by atoms with E-state index in [9.17, 15) is 16.8 Å². The van der Waals surface area contributed by atoms with Crippen LogP contribution in [0.1, 0.15) is 0 Å². The number of sulfonamides is 1. The predicted molar refractivity (Wildman–Crippen MR) is 75.2 cm³/mol. The number of pyridine rings is 1. The highest BCUT2D eigenvalue weighted by molar-refractivity contribution is 7.90. The van der Waals surface area contributed by atoms with E-state index >= 15 is 0 Å². The first kappa shape index (κ1) is 15.4. The standard InChI is InChI=1S/C12H12N2O5S2/c1-20(15,16)10-4-2-3-9(7-10)19-12-6-5-11(8-14-12)21(13,17)18/h2-8H,1H3,(H2,13,17,18). The van der Waals surface area contributed by atoms with Crippen LogP contribution in [0.25, 0.3) is 0 Å². The molecule has 0 spiro atoms. The van der Waals surface area contributed by atoms with Crippen LogP contribution in [0, 0.1) is 0 Å². The van der Waals surface area contributed by atoms with Crippen LogP contribution in [0.2, 0.25) is 0 Å². The number of rotatable bonds is 4. The van der Waals surface area contributed by atoms with Crippen LogP contribution in [-0.2, 0) is 19.9 Å². The number of benzene rings is 1. The van der Waals surface area contributed by atoms with Gasteiger partial charge in [0.1, 0.15) is 10.6 Å². The third kappa shape index (κ3) is 4.00. The maximum atomic E-state index is 11.4. The van der Waals surface area contributed by atoms with Crippen molar-refractivity contribution in [2.45, 2.75) is 9.79 Å². The van der Waals surface area contributed by atoms with Gasteiger partial charge in [-0.05, 0) is 24.3 Å². The first-order valence-electron chi connectivity index (χ1n) is 5.63. The van der Waals surface area contributed by atoms with E-state index in [4.69, 9.17) is 9.88 Å². The van der Waals surface area contributed by atoms with E-state index < -0.39 is 19.9 Å². The maximum Gasteiger partial charge on any atom is 0.239 e. The molecule has 9 heteroatoms. The van der Waals surface area contributed by atoms with Crippen molar-refractivity contribution in [3.05, 3.63) is 42.6 Å². The lowest BCUT2D eigenvalue weighted by atomic mass is 10.3. The number of hydrogen-bond donors (Lipinski definition) is 1. The fraction of sp³-hybridized carbons (Fsp3) is 0.0833. The smallest absolute Gasteiger partial charge is 0.239 e. The van der Waals surface area contributed by atoms with E-state index in [-0.39, 0.29) is 21.4 Å². The quantitative estimate of drug-likeness (QED) is 0.892. The molecule has 2 N–H and O–H groups in total. The Labute approximate surface area is 122 Å². The highest BCUT2D eigenvalue weighted by atomic mass is 32.2. The van der Waals surface area contributed by atoms with Gasteiger partial charge < -0.3 is 4.74 Å². The predicted octanol–water partition coefficient (Wildman–Crippen LogP) is 0.925. The fourth-order valence-electron chi connectivity index (χ4n) is 1.48. The normalized spacial score (nSPS) is 12.1. The summed E-state index contributed by atoms with van der Waals surface area (Å²) in [5, 5.41) is 4.95. The summed E-state index contributed by atoms with van der Waals surface area (Å²) >= 11 is 0. The molecular formula is C12H12N2O5S2. The summed E-state index contributed by atoms with van der Waals surface area (Å²) in [6.45, 7) is 0. The zero-order valence-electron chi connectivity index (χ0n) is 10.9. The Morgan fingerprint density at radius 1 is 1.05 bits per heavy atom. The molecule has 1 aromatic heterocycles. The largest absolute Gasteiger partial charge is 0.439 e. The first-order valence-corrected chi connectivity index (χ1v) is 9.07. The Morgan fingerprint density at radius 2 is 1.76 bits per heavy atom. The summed E-state index contributed by atoms with van der Waals surface area (Å²) in [5.41, 5.74) is 0. The van der Waals surface area contributed by atoms with Gasteiger partial charge in [-0.1, -0.05) is 6.07 Å². The average Bonchev–Trinajstić information content (AvgIpc) is 2.37. The van der Waals surface area contributed by atoms with Crippen molar-refractivity contribution >= 4 is 19.9 Å². The van der Waals surface area contributed by atoms with E-state index in [2.05, 4.69) is 4.98 Å². The molecule has 0 aliphatic heterocycles. The van der Waals surface area contributed by atoms with E-state index in [0.29, 0.717) is 0 Å². The van der Waals surface area contributed by atoms with Crippen LogP contribution in [0.15, 0.2) is 52.4 Å². The van der Waals surface area contributed by atoms with Gasteiger partial charge in [0.05, 0.1) is 11.1 Å². The topological polar surface area (TPSA) is 116 Å². The van der Waals surface area contributed by atoms with Gasteiger partial charge in [0.15, 0.2) is 9.84 Å². The Bertz CT molecular complexity index is 859. The van der Waals surface area contributed by atoms with Gasteiger partial charge in [-0.15, -0.1) is 0 Å². The van der Waals surface area contributed by atoms with Gasteiger partial charge >= 0.3 is 0 Å². The number of aromatic nitrogens is 1. The molecule has 0 aliphatic carbocycles. The van der Waals surface area contributed by atoms with E-state index in [1.54, 1.807) is 6.07 Å². The molecule has 1 heterocycles. The average molecular weight is 328 g/mol. The monoisotopic (exact) mass is 328 g/mol. The zero-order chi connectivity index (χ0) is 15.7. The van der Waals surface area contributed by atoms with Gasteiger partial charge in [-0.2, -0.15) is 0 Å². The van der Waals surface area contributed by atoms with Crippen LogP contribution in [0.4, 0.5) is 0 Å². The Kier molecular flexibility index (Phi) is 3.99. The molecule has 0 saturated heterocycles. The molecule has 0 bridgehead atoms. The van der Waals surface area contributed by atoms with Gasteiger partial charge in [-0.3, -0.25) is 0 Å². The number of hydrogen-bond acceptors (Lipinski definition) is 6. The molecule has 2 rings (SSSR count). The van der Waals surface area contributed by atoms with Crippen LogP contribution < -0.4 is 9.88 Å². The molecule has 0 atom stereocenters. The van der Waals surface area contributed by atoms with Crippen molar-refractivity contribution in [1.82, 2.24) is 4.98 Å². The van der Waals surface area contributed by atoms with Crippen LogP contribution in [-0.4, -0.2) is 28.1 Å². The summed E-state index contributed by atoms with van der Waals surface area (Å²) in [6, 6.07) is 8.46. The Morgan fingerprint density at radius 3 is 2.29 bits per heavy atom. The van der Waals surface area contributed by atoms with E-state index in [0.717, 1.165) is 12.5 Å². The van der Waals surface area contributed by atoms with Crippen molar-refractivity contribution in [1.29, 1.82) is 0 Å². The molecular weight excluding hydrogens is 316 g/mol. The summed E-state index contributed by atoms with van der Waals surface area (Å²) in [7, 11) is -7.16. The Hall–Kier alpha value is -1.97. The summed E-state index contributed by atoms with van der Waals surface area (Å²) in [6.07, 6.45) is 2.15. The number of nitrogens with two attached hydrogens (primary N) is 1. The third-order valence-corrected chi connectivity index (χ3v) is 4.50. The number of ether oxygens (including phenoxy) is 1. The molecule has 0 radical (unpaired) electrons. The second-order valence-electron chi connectivity index (χ2n) is 4.23. The highest BCUT2D eigenvalue weighted by Crippen LogP contribution is 2.23. The molecule has 112 valence electrons. The van der Waals surface area contributed by atoms with Crippen LogP contribution >= 0.6 is 0 Å². The minimum atomic E-state index is -3.82. The summed E-state index contributed by atoms with van der Waals surface area (Å²) in [4.78, 5) is 3.77. The maximum absolute atomic E-state index is 11.4. The molecule has 0 saturated carbocycles. The minimum absolute atomic E-state index is 0.112. The fourth-order valence-corrected chi connectivity index (χ4v) is 2.60. The van der Waals surface area contributed by atoms with Crippen LogP contribution in [0.3, 0.4) is 0 Å². The van der Waals surface area contributed by atoms with Crippen molar-refractivity contribution in [2.24, 2.45) is 5.14 Å². The Balaban J connectivity index is 2.27. The summed E-state index contributed by atoms with van der Waals surface area (Å²) in [5.74, 6) is 0.391. The molecule has 0 aliphatic rings. The second kappa shape index (κ2) is 5.43. The van der Waals surface area contributed by atoms with E-state index in [1.165, 1.54) is 30.3 Å². The van der Waals surface area contributed by atoms with Crippen molar-refractivity contribution in [3.63, 3.8) is 0 Å². The van der Waals surface area contributed by atoms with Crippen molar-refractivity contribution in [3.8, 4) is 11.6 Å². The van der Waals surface area contributed by atoms with Gasteiger partial charge in [0.2, 0.25) is 15.9 Å².